The third kappa shape index (κ3) is 8.96. The van der Waals surface area contributed by atoms with Gasteiger partial charge in [0.1, 0.15) is 11.6 Å². The topological polar surface area (TPSA) is 124 Å². The third-order valence-electron chi connectivity index (χ3n) is 4.48. The number of nitrogens with one attached hydrogen (secondary N) is 1. The Morgan fingerprint density at radius 1 is 1.06 bits per heavy atom. The highest BCUT2D eigenvalue weighted by molar-refractivity contribution is 7.54. The minimum absolute atomic E-state index is 0.124. The van der Waals surface area contributed by atoms with Crippen molar-refractivity contribution in [2.75, 3.05) is 45.6 Å². The van der Waals surface area contributed by atoms with E-state index in [4.69, 9.17) is 18.5 Å². The summed E-state index contributed by atoms with van der Waals surface area (Å²) < 4.78 is 34.1. The van der Waals surface area contributed by atoms with Gasteiger partial charge in [-0.25, -0.2) is 9.59 Å². The molecule has 0 spiro atoms. The molecule has 1 fully saturated rings. The number of nitrogens with zero attached hydrogens (tertiary/aromatic N) is 2. The van der Waals surface area contributed by atoms with Crippen LogP contribution < -0.4 is 5.32 Å². The average molecular weight is 480 g/mol. The van der Waals surface area contributed by atoms with Gasteiger partial charge in [0.15, 0.2) is 0 Å². The van der Waals surface area contributed by atoms with E-state index in [1.54, 1.807) is 53.4 Å². The first kappa shape index (κ1) is 28.2. The standard InChI is InChI=1S/C20H38N3O8P/c1-8-28-19(26)22-11-12-23(15(4)13-22)17(24)16(21-18(25)31-20(5,6)7)14-32(27,29-9-2)30-10-3/h15-16H,8-14H2,1-7H3,(H,21,25). The highest BCUT2D eigenvalue weighted by atomic mass is 31.2. The Balaban J connectivity index is 3.04. The number of rotatable bonds is 9. The van der Waals surface area contributed by atoms with E-state index in [2.05, 4.69) is 5.32 Å². The number of ether oxygens (including phenoxy) is 2. The van der Waals surface area contributed by atoms with Gasteiger partial charge in [0, 0.05) is 25.7 Å². The van der Waals surface area contributed by atoms with Crippen molar-refractivity contribution in [3.63, 3.8) is 0 Å². The van der Waals surface area contributed by atoms with E-state index in [9.17, 15) is 18.9 Å². The molecule has 0 aromatic heterocycles. The van der Waals surface area contributed by atoms with Gasteiger partial charge in [-0.3, -0.25) is 9.36 Å². The van der Waals surface area contributed by atoms with Crippen molar-refractivity contribution in [1.29, 1.82) is 0 Å². The first-order chi connectivity index (χ1) is 14.9. The van der Waals surface area contributed by atoms with Gasteiger partial charge in [-0.05, 0) is 48.5 Å². The molecule has 0 bridgehead atoms. The van der Waals surface area contributed by atoms with Gasteiger partial charge in [-0.2, -0.15) is 0 Å². The normalized spacial score (nSPS) is 18.2. The van der Waals surface area contributed by atoms with Crippen molar-refractivity contribution < 1.29 is 37.5 Å². The molecule has 12 heteroatoms. The molecule has 1 aliphatic heterocycles. The highest BCUT2D eigenvalue weighted by Crippen LogP contribution is 2.48. The first-order valence-corrected chi connectivity index (χ1v) is 12.7. The molecule has 0 radical (unpaired) electrons. The van der Waals surface area contributed by atoms with Crippen molar-refractivity contribution >= 4 is 25.7 Å². The minimum atomic E-state index is -3.65. The zero-order chi connectivity index (χ0) is 24.5. The summed E-state index contributed by atoms with van der Waals surface area (Å²) in [7, 11) is -3.65. The van der Waals surface area contributed by atoms with Crippen molar-refractivity contribution in [2.24, 2.45) is 0 Å². The van der Waals surface area contributed by atoms with Gasteiger partial charge in [0.2, 0.25) is 5.91 Å². The molecule has 32 heavy (non-hydrogen) atoms. The van der Waals surface area contributed by atoms with E-state index in [0.29, 0.717) is 0 Å². The molecule has 186 valence electrons. The summed E-state index contributed by atoms with van der Waals surface area (Å²) in [6, 6.07) is -1.53. The molecule has 1 aliphatic rings. The van der Waals surface area contributed by atoms with Crippen molar-refractivity contribution in [3.8, 4) is 0 Å². The maximum Gasteiger partial charge on any atom is 0.409 e. The molecule has 0 saturated carbocycles. The first-order valence-electron chi connectivity index (χ1n) is 11.0. The molecule has 2 unspecified atom stereocenters. The van der Waals surface area contributed by atoms with Crippen molar-refractivity contribution in [3.05, 3.63) is 0 Å². The molecule has 3 amide bonds. The Bertz CT molecular complexity index is 687. The van der Waals surface area contributed by atoms with E-state index in [1.807, 2.05) is 0 Å². The number of carbonyl (C=O) groups excluding carboxylic acids is 3. The summed E-state index contributed by atoms with van der Waals surface area (Å²) in [5.41, 5.74) is -0.778. The van der Waals surface area contributed by atoms with Crippen LogP contribution >= 0.6 is 7.60 Å². The van der Waals surface area contributed by atoms with Crippen LogP contribution in [0.1, 0.15) is 48.5 Å². The number of hydrogen-bond acceptors (Lipinski definition) is 8. The van der Waals surface area contributed by atoms with Crippen LogP contribution in [-0.4, -0.2) is 91.2 Å². The van der Waals surface area contributed by atoms with E-state index in [-0.39, 0.29) is 51.7 Å². The lowest BCUT2D eigenvalue weighted by molar-refractivity contribution is -0.137. The van der Waals surface area contributed by atoms with E-state index < -0.39 is 37.3 Å². The van der Waals surface area contributed by atoms with Crippen LogP contribution in [0, 0.1) is 0 Å². The van der Waals surface area contributed by atoms with Crippen LogP contribution in [0.25, 0.3) is 0 Å². The number of amides is 3. The molecule has 0 aromatic carbocycles. The van der Waals surface area contributed by atoms with Crippen LogP contribution in [0.15, 0.2) is 0 Å². The predicted molar refractivity (Wildman–Crippen MR) is 119 cm³/mol. The molecular formula is C20H38N3O8P. The second-order valence-electron chi connectivity index (χ2n) is 8.35. The van der Waals surface area contributed by atoms with Gasteiger partial charge in [-0.15, -0.1) is 0 Å². The molecule has 0 aromatic rings. The lowest BCUT2D eigenvalue weighted by atomic mass is 10.1. The summed E-state index contributed by atoms with van der Waals surface area (Å²) in [6.07, 6.45) is -1.59. The summed E-state index contributed by atoms with van der Waals surface area (Å²) in [6.45, 7) is 13.3. The Hall–Kier alpha value is -1.84. The van der Waals surface area contributed by atoms with E-state index >= 15 is 0 Å². The van der Waals surface area contributed by atoms with Crippen molar-refractivity contribution in [1.82, 2.24) is 15.1 Å². The van der Waals surface area contributed by atoms with Gasteiger partial charge < -0.3 is 33.6 Å². The predicted octanol–water partition coefficient (Wildman–Crippen LogP) is 2.84. The van der Waals surface area contributed by atoms with Crippen LogP contribution in [0.3, 0.4) is 0 Å². The van der Waals surface area contributed by atoms with Crippen LogP contribution in [0.4, 0.5) is 9.59 Å². The summed E-state index contributed by atoms with van der Waals surface area (Å²) in [4.78, 5) is 40.9. The Kier molecular flexibility index (Phi) is 10.9. The monoisotopic (exact) mass is 479 g/mol. The quantitative estimate of drug-likeness (QED) is 0.501. The zero-order valence-corrected chi connectivity index (χ0v) is 21.1. The fraction of sp³-hybridized carbons (Fsp3) is 0.850. The minimum Gasteiger partial charge on any atom is -0.450 e. The van der Waals surface area contributed by atoms with Gasteiger partial charge in [0.05, 0.1) is 26.0 Å². The van der Waals surface area contributed by atoms with Crippen LogP contribution in [0.2, 0.25) is 0 Å². The molecule has 2 atom stereocenters. The Labute approximate surface area is 190 Å². The fourth-order valence-corrected chi connectivity index (χ4v) is 5.03. The molecule has 1 heterocycles. The smallest absolute Gasteiger partial charge is 0.409 e. The number of hydrogen-bond donors (Lipinski definition) is 1. The lowest BCUT2D eigenvalue weighted by Gasteiger charge is -2.41. The second-order valence-corrected chi connectivity index (χ2v) is 10.5. The fourth-order valence-electron chi connectivity index (χ4n) is 3.26. The molecular weight excluding hydrogens is 441 g/mol. The Morgan fingerprint density at radius 2 is 1.66 bits per heavy atom. The molecule has 1 rings (SSSR count). The molecule has 0 aliphatic carbocycles. The SMILES string of the molecule is CCOC(=O)N1CCN(C(=O)C(CP(=O)(OCC)OCC)NC(=O)OC(C)(C)C)C(C)C1. The van der Waals surface area contributed by atoms with Crippen molar-refractivity contribution in [2.45, 2.75) is 66.2 Å². The molecule has 1 N–H and O–H groups in total. The summed E-state index contributed by atoms with van der Waals surface area (Å²) in [5, 5.41) is 2.53. The third-order valence-corrected chi connectivity index (χ3v) is 6.60. The second kappa shape index (κ2) is 12.4. The highest BCUT2D eigenvalue weighted by Gasteiger charge is 2.39. The van der Waals surface area contributed by atoms with Gasteiger partial charge in [0.25, 0.3) is 0 Å². The van der Waals surface area contributed by atoms with E-state index in [0.717, 1.165) is 0 Å². The summed E-state index contributed by atoms with van der Waals surface area (Å²) >= 11 is 0. The maximum absolute atomic E-state index is 13.4. The summed E-state index contributed by atoms with van der Waals surface area (Å²) in [5.74, 6) is -0.452. The molecule has 1 saturated heterocycles. The van der Waals surface area contributed by atoms with Gasteiger partial charge >= 0.3 is 19.8 Å². The van der Waals surface area contributed by atoms with E-state index in [1.165, 1.54) is 4.90 Å². The zero-order valence-electron chi connectivity index (χ0n) is 20.2. The lowest BCUT2D eigenvalue weighted by Crippen LogP contribution is -2.60. The van der Waals surface area contributed by atoms with Crippen LogP contribution in [0.5, 0.6) is 0 Å². The number of carbonyl (C=O) groups is 3. The number of alkyl carbamates (subject to hydrolysis) is 1. The van der Waals surface area contributed by atoms with Gasteiger partial charge in [-0.1, -0.05) is 0 Å². The number of piperazine rings is 1. The van der Waals surface area contributed by atoms with Crippen LogP contribution in [-0.2, 0) is 27.9 Å². The maximum atomic E-state index is 13.4. The Morgan fingerprint density at radius 3 is 2.12 bits per heavy atom. The average Bonchev–Trinajstić information content (AvgIpc) is 2.66. The molecule has 11 nitrogen and oxygen atoms in total. The largest absolute Gasteiger partial charge is 0.450 e.